The molecule has 1 aliphatic rings. The van der Waals surface area contributed by atoms with Crippen LogP contribution in [-0.2, 0) is 6.42 Å². The third-order valence-electron chi connectivity index (χ3n) is 3.17. The van der Waals surface area contributed by atoms with Crippen LogP contribution in [0.1, 0.15) is 5.56 Å². The van der Waals surface area contributed by atoms with Crippen molar-refractivity contribution in [3.63, 3.8) is 0 Å². The molecule has 0 radical (unpaired) electrons. The Bertz CT molecular complexity index is 641. The minimum Gasteiger partial charge on any atom is -0.461 e. The van der Waals surface area contributed by atoms with Gasteiger partial charge in [0.2, 0.25) is 0 Å². The maximum Gasteiger partial charge on any atom is 0.174 e. The van der Waals surface area contributed by atoms with Crippen LogP contribution in [0.15, 0.2) is 34.9 Å². The first-order valence-corrected chi connectivity index (χ1v) is 5.70. The van der Waals surface area contributed by atoms with Crippen molar-refractivity contribution in [1.29, 1.82) is 0 Å². The van der Waals surface area contributed by atoms with E-state index in [-0.39, 0.29) is 0 Å². The van der Waals surface area contributed by atoms with Gasteiger partial charge in [0.1, 0.15) is 0 Å². The van der Waals surface area contributed by atoms with E-state index >= 15 is 0 Å². The second kappa shape index (κ2) is 3.13. The second-order valence-electron chi connectivity index (χ2n) is 4.27. The van der Waals surface area contributed by atoms with Crippen molar-refractivity contribution in [1.82, 2.24) is 9.97 Å². The predicted octanol–water partition coefficient (Wildman–Crippen LogP) is 2.79. The van der Waals surface area contributed by atoms with E-state index in [0.717, 1.165) is 35.6 Å². The molecule has 0 bridgehead atoms. The molecule has 84 valence electrons. The summed E-state index contributed by atoms with van der Waals surface area (Å²) in [7, 11) is 0. The van der Waals surface area contributed by atoms with Gasteiger partial charge in [-0.2, -0.15) is 0 Å². The van der Waals surface area contributed by atoms with Crippen molar-refractivity contribution in [2.45, 2.75) is 6.42 Å². The standard InChI is InChI=1S/C13H11N3O/c1-2-12(17-5-1)13-15-10-6-8-3-4-14-9(8)7-11(10)16-13/h1-2,5-7,14H,3-4H2,(H,15,16). The highest BCUT2D eigenvalue weighted by Crippen LogP contribution is 2.28. The number of aromatic amines is 1. The molecule has 4 heteroatoms. The number of aromatic nitrogens is 2. The van der Waals surface area contributed by atoms with Crippen LogP contribution in [-0.4, -0.2) is 16.5 Å². The molecule has 0 aliphatic carbocycles. The Kier molecular flexibility index (Phi) is 1.63. The summed E-state index contributed by atoms with van der Waals surface area (Å²) in [6, 6.07) is 8.04. The molecule has 4 nitrogen and oxygen atoms in total. The SMILES string of the molecule is c1coc(-c2nc3cc4c(cc3[nH]2)CCN4)c1. The number of anilines is 1. The molecule has 3 heterocycles. The van der Waals surface area contributed by atoms with Gasteiger partial charge in [0, 0.05) is 12.2 Å². The molecule has 0 unspecified atom stereocenters. The molecule has 17 heavy (non-hydrogen) atoms. The summed E-state index contributed by atoms with van der Waals surface area (Å²) in [4.78, 5) is 7.84. The van der Waals surface area contributed by atoms with Crippen molar-refractivity contribution < 1.29 is 4.42 Å². The van der Waals surface area contributed by atoms with E-state index in [2.05, 4.69) is 27.4 Å². The molecule has 3 aromatic rings. The number of furan rings is 1. The zero-order chi connectivity index (χ0) is 11.2. The molecule has 0 atom stereocenters. The number of hydrogen-bond donors (Lipinski definition) is 2. The second-order valence-corrected chi connectivity index (χ2v) is 4.27. The number of nitrogens with zero attached hydrogens (tertiary/aromatic N) is 1. The molecular formula is C13H11N3O. The summed E-state index contributed by atoms with van der Waals surface area (Å²) in [6.45, 7) is 1.02. The summed E-state index contributed by atoms with van der Waals surface area (Å²) >= 11 is 0. The lowest BCUT2D eigenvalue weighted by Gasteiger charge is -1.97. The highest BCUT2D eigenvalue weighted by atomic mass is 16.3. The Labute approximate surface area is 97.7 Å². The normalized spacial score (nSPS) is 13.9. The van der Waals surface area contributed by atoms with Gasteiger partial charge in [-0.3, -0.25) is 0 Å². The summed E-state index contributed by atoms with van der Waals surface area (Å²) in [6.07, 6.45) is 2.74. The van der Waals surface area contributed by atoms with Crippen LogP contribution < -0.4 is 5.32 Å². The largest absolute Gasteiger partial charge is 0.461 e. The first-order chi connectivity index (χ1) is 8.40. The van der Waals surface area contributed by atoms with Crippen LogP contribution in [0.5, 0.6) is 0 Å². The Hall–Kier alpha value is -2.23. The van der Waals surface area contributed by atoms with E-state index in [0.29, 0.717) is 0 Å². The first kappa shape index (κ1) is 8.87. The van der Waals surface area contributed by atoms with Crippen LogP contribution in [0.2, 0.25) is 0 Å². The fraction of sp³-hybridized carbons (Fsp3) is 0.154. The average Bonchev–Trinajstić information content (AvgIpc) is 3.05. The van der Waals surface area contributed by atoms with Gasteiger partial charge in [0.25, 0.3) is 0 Å². The zero-order valence-electron chi connectivity index (χ0n) is 9.16. The minimum absolute atomic E-state index is 0.773. The molecule has 1 aromatic carbocycles. The van der Waals surface area contributed by atoms with Crippen LogP contribution in [0, 0.1) is 0 Å². The lowest BCUT2D eigenvalue weighted by Crippen LogP contribution is -1.90. The topological polar surface area (TPSA) is 53.9 Å². The number of fused-ring (bicyclic) bond motifs is 2. The van der Waals surface area contributed by atoms with E-state index in [4.69, 9.17) is 4.42 Å². The van der Waals surface area contributed by atoms with Crippen molar-refractivity contribution in [2.75, 3.05) is 11.9 Å². The van der Waals surface area contributed by atoms with Crippen molar-refractivity contribution >= 4 is 16.7 Å². The lowest BCUT2D eigenvalue weighted by molar-refractivity contribution is 0.578. The molecule has 0 saturated carbocycles. The Morgan fingerprint density at radius 1 is 1.29 bits per heavy atom. The van der Waals surface area contributed by atoms with Crippen molar-refractivity contribution in [3.05, 3.63) is 36.1 Å². The van der Waals surface area contributed by atoms with Crippen molar-refractivity contribution in [2.24, 2.45) is 0 Å². The van der Waals surface area contributed by atoms with Gasteiger partial charge in [0.05, 0.1) is 17.3 Å². The van der Waals surface area contributed by atoms with Gasteiger partial charge in [-0.1, -0.05) is 0 Å². The maximum atomic E-state index is 5.34. The highest BCUT2D eigenvalue weighted by Gasteiger charge is 2.14. The summed E-state index contributed by atoms with van der Waals surface area (Å²) < 4.78 is 5.34. The number of hydrogen-bond acceptors (Lipinski definition) is 3. The lowest BCUT2D eigenvalue weighted by atomic mass is 10.1. The van der Waals surface area contributed by atoms with Gasteiger partial charge in [0.15, 0.2) is 11.6 Å². The fourth-order valence-electron chi connectivity index (χ4n) is 2.33. The molecule has 0 amide bonds. The minimum atomic E-state index is 0.773. The number of benzene rings is 1. The first-order valence-electron chi connectivity index (χ1n) is 5.70. The summed E-state index contributed by atoms with van der Waals surface area (Å²) in [5.41, 5.74) is 4.60. The Morgan fingerprint density at radius 3 is 3.18 bits per heavy atom. The van der Waals surface area contributed by atoms with E-state index in [1.807, 2.05) is 12.1 Å². The molecule has 1 aliphatic heterocycles. The molecule has 2 aromatic heterocycles. The van der Waals surface area contributed by atoms with E-state index in [1.54, 1.807) is 6.26 Å². The number of rotatable bonds is 1. The van der Waals surface area contributed by atoms with E-state index in [9.17, 15) is 0 Å². The summed E-state index contributed by atoms with van der Waals surface area (Å²) in [5, 5.41) is 3.36. The van der Waals surface area contributed by atoms with Crippen LogP contribution in [0.25, 0.3) is 22.6 Å². The van der Waals surface area contributed by atoms with Crippen LogP contribution in [0.4, 0.5) is 5.69 Å². The molecule has 0 saturated heterocycles. The van der Waals surface area contributed by atoms with Gasteiger partial charge >= 0.3 is 0 Å². The Balaban J connectivity index is 1.93. The van der Waals surface area contributed by atoms with Gasteiger partial charge in [-0.05, 0) is 36.2 Å². The third kappa shape index (κ3) is 1.27. The van der Waals surface area contributed by atoms with Gasteiger partial charge in [-0.25, -0.2) is 4.98 Å². The molecule has 0 spiro atoms. The maximum absolute atomic E-state index is 5.34. The number of imidazole rings is 1. The Morgan fingerprint density at radius 2 is 2.29 bits per heavy atom. The van der Waals surface area contributed by atoms with Gasteiger partial charge < -0.3 is 14.7 Å². The molecule has 2 N–H and O–H groups in total. The molecular weight excluding hydrogens is 214 g/mol. The number of H-pyrrole nitrogens is 1. The molecule has 0 fully saturated rings. The van der Waals surface area contributed by atoms with Crippen molar-refractivity contribution in [3.8, 4) is 11.6 Å². The third-order valence-corrected chi connectivity index (χ3v) is 3.17. The fourth-order valence-corrected chi connectivity index (χ4v) is 2.33. The van der Waals surface area contributed by atoms with Crippen LogP contribution >= 0.6 is 0 Å². The molecule has 4 rings (SSSR count). The van der Waals surface area contributed by atoms with E-state index < -0.39 is 0 Å². The zero-order valence-corrected chi connectivity index (χ0v) is 9.16. The monoisotopic (exact) mass is 225 g/mol. The van der Waals surface area contributed by atoms with E-state index in [1.165, 1.54) is 11.3 Å². The summed E-state index contributed by atoms with van der Waals surface area (Å²) in [5.74, 6) is 1.56. The average molecular weight is 225 g/mol. The van der Waals surface area contributed by atoms with Crippen LogP contribution in [0.3, 0.4) is 0 Å². The quantitative estimate of drug-likeness (QED) is 0.669. The van der Waals surface area contributed by atoms with Gasteiger partial charge in [-0.15, -0.1) is 0 Å². The smallest absolute Gasteiger partial charge is 0.174 e. The predicted molar refractivity (Wildman–Crippen MR) is 66.0 cm³/mol. The number of nitrogens with one attached hydrogen (secondary N) is 2. The highest BCUT2D eigenvalue weighted by molar-refractivity contribution is 5.84.